The van der Waals surface area contributed by atoms with Gasteiger partial charge in [0.25, 0.3) is 5.56 Å². The zero-order valence-electron chi connectivity index (χ0n) is 13.4. The molecule has 5 nitrogen and oxygen atoms in total. The van der Waals surface area contributed by atoms with Crippen molar-refractivity contribution in [3.05, 3.63) is 52.4 Å². The molecule has 1 fully saturated rings. The van der Waals surface area contributed by atoms with Crippen LogP contribution in [0.15, 0.2) is 51.2 Å². The Morgan fingerprint density at radius 3 is 2.75 bits per heavy atom. The van der Waals surface area contributed by atoms with Gasteiger partial charge in [-0.05, 0) is 12.1 Å². The number of hydrogen-bond acceptors (Lipinski definition) is 6. The van der Waals surface area contributed by atoms with Gasteiger partial charge in [0.2, 0.25) is 0 Å². The molecule has 7 heteroatoms. The second-order valence-corrected chi connectivity index (χ2v) is 7.58. The van der Waals surface area contributed by atoms with Crippen LogP contribution in [0, 0.1) is 0 Å². The van der Waals surface area contributed by atoms with Crippen molar-refractivity contribution in [1.29, 1.82) is 0 Å². The third-order valence-electron chi connectivity index (χ3n) is 3.65. The Morgan fingerprint density at radius 1 is 1.17 bits per heavy atom. The van der Waals surface area contributed by atoms with Crippen molar-refractivity contribution in [2.45, 2.75) is 15.8 Å². The minimum absolute atomic E-state index is 0.0810. The van der Waals surface area contributed by atoms with Crippen molar-refractivity contribution in [2.24, 2.45) is 0 Å². The highest BCUT2D eigenvalue weighted by molar-refractivity contribution is 7.99. The lowest BCUT2D eigenvalue weighted by Crippen LogP contribution is -2.37. The molecule has 0 atom stereocenters. The maximum atomic E-state index is 11.8. The summed E-state index contributed by atoms with van der Waals surface area (Å²) in [5.74, 6) is 1.61. The van der Waals surface area contributed by atoms with Crippen LogP contribution in [-0.4, -0.2) is 53.5 Å². The molecule has 2 aromatic rings. The van der Waals surface area contributed by atoms with Gasteiger partial charge in [0.05, 0.1) is 18.9 Å². The summed E-state index contributed by atoms with van der Waals surface area (Å²) in [6.45, 7) is 4.58. The second kappa shape index (κ2) is 9.27. The first-order valence-corrected chi connectivity index (χ1v) is 9.98. The largest absolute Gasteiger partial charge is 0.379 e. The van der Waals surface area contributed by atoms with Gasteiger partial charge in [-0.2, -0.15) is 0 Å². The van der Waals surface area contributed by atoms with Crippen LogP contribution in [0.1, 0.15) is 5.69 Å². The molecule has 3 rings (SSSR count). The fourth-order valence-corrected chi connectivity index (χ4v) is 4.11. The van der Waals surface area contributed by atoms with E-state index in [1.165, 1.54) is 4.90 Å². The summed E-state index contributed by atoms with van der Waals surface area (Å²) in [4.78, 5) is 22.8. The summed E-state index contributed by atoms with van der Waals surface area (Å²) in [5.41, 5.74) is 0.740. The number of rotatable bonds is 7. The maximum Gasteiger partial charge on any atom is 0.251 e. The fourth-order valence-electron chi connectivity index (χ4n) is 2.40. The smallest absolute Gasteiger partial charge is 0.251 e. The molecule has 1 aliphatic heterocycles. The lowest BCUT2D eigenvalue weighted by molar-refractivity contribution is 0.0410. The van der Waals surface area contributed by atoms with Gasteiger partial charge in [-0.25, -0.2) is 4.98 Å². The predicted molar refractivity (Wildman–Crippen MR) is 98.8 cm³/mol. The monoisotopic (exact) mass is 363 g/mol. The van der Waals surface area contributed by atoms with E-state index in [0.717, 1.165) is 44.3 Å². The summed E-state index contributed by atoms with van der Waals surface area (Å²) >= 11 is 3.30. The predicted octanol–water partition coefficient (Wildman–Crippen LogP) is 2.49. The summed E-state index contributed by atoms with van der Waals surface area (Å²) in [5, 5.41) is 0.708. The average Bonchev–Trinajstić information content (AvgIpc) is 2.61. The van der Waals surface area contributed by atoms with Crippen molar-refractivity contribution in [3.8, 4) is 0 Å². The molecule has 0 spiro atoms. The molecule has 1 saturated heterocycles. The van der Waals surface area contributed by atoms with Crippen molar-refractivity contribution < 1.29 is 4.74 Å². The molecule has 1 aromatic heterocycles. The Balaban J connectivity index is 1.52. The molecule has 0 amide bonds. The number of benzene rings is 1. The van der Waals surface area contributed by atoms with E-state index in [-0.39, 0.29) is 5.56 Å². The van der Waals surface area contributed by atoms with Crippen molar-refractivity contribution in [1.82, 2.24) is 14.9 Å². The number of nitrogens with zero attached hydrogens (tertiary/aromatic N) is 2. The number of aromatic amines is 1. The van der Waals surface area contributed by atoms with Gasteiger partial charge < -0.3 is 9.72 Å². The Morgan fingerprint density at radius 2 is 1.96 bits per heavy atom. The zero-order valence-corrected chi connectivity index (χ0v) is 15.1. The molecule has 0 radical (unpaired) electrons. The van der Waals surface area contributed by atoms with E-state index in [9.17, 15) is 4.79 Å². The summed E-state index contributed by atoms with van der Waals surface area (Å²) < 4.78 is 5.35. The van der Waals surface area contributed by atoms with Crippen LogP contribution in [0.25, 0.3) is 0 Å². The van der Waals surface area contributed by atoms with Gasteiger partial charge in [0, 0.05) is 42.1 Å². The SMILES string of the molecule is O=c1cc(CSc2ccccc2)nc(SCCN2CCOCC2)[nH]1. The molecule has 1 N–H and O–H groups in total. The quantitative estimate of drug-likeness (QED) is 0.602. The third kappa shape index (κ3) is 5.66. The highest BCUT2D eigenvalue weighted by Gasteiger charge is 2.10. The van der Waals surface area contributed by atoms with E-state index in [1.54, 1.807) is 29.6 Å². The molecule has 0 saturated carbocycles. The molecule has 24 heavy (non-hydrogen) atoms. The van der Waals surface area contributed by atoms with E-state index < -0.39 is 0 Å². The molecule has 0 unspecified atom stereocenters. The van der Waals surface area contributed by atoms with Crippen LogP contribution in [0.3, 0.4) is 0 Å². The number of hydrogen-bond donors (Lipinski definition) is 1. The number of ether oxygens (including phenoxy) is 1. The summed E-state index contributed by atoms with van der Waals surface area (Å²) in [6.07, 6.45) is 0. The molecule has 2 heterocycles. The van der Waals surface area contributed by atoms with Crippen LogP contribution >= 0.6 is 23.5 Å². The van der Waals surface area contributed by atoms with E-state index in [4.69, 9.17) is 4.74 Å². The number of H-pyrrole nitrogens is 1. The number of aromatic nitrogens is 2. The molecular formula is C17H21N3O2S2. The topological polar surface area (TPSA) is 58.2 Å². The van der Waals surface area contributed by atoms with Crippen molar-refractivity contribution in [2.75, 3.05) is 38.6 Å². The normalized spacial score (nSPS) is 15.5. The van der Waals surface area contributed by atoms with Crippen molar-refractivity contribution >= 4 is 23.5 Å². The van der Waals surface area contributed by atoms with Gasteiger partial charge in [0.15, 0.2) is 5.16 Å². The zero-order chi connectivity index (χ0) is 16.6. The van der Waals surface area contributed by atoms with Crippen LogP contribution < -0.4 is 5.56 Å². The van der Waals surface area contributed by atoms with Crippen LogP contribution in [0.4, 0.5) is 0 Å². The minimum Gasteiger partial charge on any atom is -0.379 e. The minimum atomic E-state index is -0.0810. The lowest BCUT2D eigenvalue weighted by atomic mass is 10.4. The van der Waals surface area contributed by atoms with E-state index in [1.807, 2.05) is 18.2 Å². The Labute approximate surface area is 150 Å². The number of thioether (sulfide) groups is 2. The first-order chi connectivity index (χ1) is 11.8. The second-order valence-electron chi connectivity index (χ2n) is 5.45. The van der Waals surface area contributed by atoms with Crippen LogP contribution in [-0.2, 0) is 10.5 Å². The number of morpholine rings is 1. The molecule has 1 aliphatic rings. The van der Waals surface area contributed by atoms with Crippen molar-refractivity contribution in [3.63, 3.8) is 0 Å². The Kier molecular flexibility index (Phi) is 6.77. The number of nitrogens with one attached hydrogen (secondary N) is 1. The lowest BCUT2D eigenvalue weighted by Gasteiger charge is -2.26. The highest BCUT2D eigenvalue weighted by Crippen LogP contribution is 2.21. The van der Waals surface area contributed by atoms with Crippen LogP contribution in [0.5, 0.6) is 0 Å². The molecule has 1 aromatic carbocycles. The first kappa shape index (κ1) is 17.5. The molecule has 128 valence electrons. The highest BCUT2D eigenvalue weighted by atomic mass is 32.2. The average molecular weight is 364 g/mol. The van der Waals surface area contributed by atoms with E-state index >= 15 is 0 Å². The van der Waals surface area contributed by atoms with Gasteiger partial charge >= 0.3 is 0 Å². The van der Waals surface area contributed by atoms with E-state index in [2.05, 4.69) is 27.0 Å². The summed E-state index contributed by atoms with van der Waals surface area (Å²) in [6, 6.07) is 11.7. The summed E-state index contributed by atoms with van der Waals surface area (Å²) in [7, 11) is 0. The first-order valence-electron chi connectivity index (χ1n) is 8.00. The van der Waals surface area contributed by atoms with Crippen LogP contribution in [0.2, 0.25) is 0 Å². The van der Waals surface area contributed by atoms with Gasteiger partial charge in [0.1, 0.15) is 0 Å². The van der Waals surface area contributed by atoms with Gasteiger partial charge in [-0.3, -0.25) is 9.69 Å². The third-order valence-corrected chi connectivity index (χ3v) is 5.55. The fraction of sp³-hybridized carbons (Fsp3) is 0.412. The molecular weight excluding hydrogens is 342 g/mol. The molecule has 0 aliphatic carbocycles. The Hall–Kier alpha value is -1.28. The van der Waals surface area contributed by atoms with E-state index in [0.29, 0.717) is 10.9 Å². The van der Waals surface area contributed by atoms with Gasteiger partial charge in [-0.15, -0.1) is 11.8 Å². The standard InChI is InChI=1S/C17H21N3O2S2/c21-16-12-14(13-24-15-4-2-1-3-5-15)18-17(19-16)23-11-8-20-6-9-22-10-7-20/h1-5,12H,6-11,13H2,(H,18,19,21). The molecule has 0 bridgehead atoms. The maximum absolute atomic E-state index is 11.8. The van der Waals surface area contributed by atoms with Gasteiger partial charge in [-0.1, -0.05) is 30.0 Å². The Bertz CT molecular complexity index is 688.